The largest absolute Gasteiger partial charge is 0.396 e. The molecule has 0 unspecified atom stereocenters. The van der Waals surface area contributed by atoms with E-state index in [0.29, 0.717) is 17.7 Å². The van der Waals surface area contributed by atoms with Crippen LogP contribution in [0.15, 0.2) is 71.5 Å². The maximum Gasteiger partial charge on any atom is 0.258 e. The number of nitrogens with one attached hydrogen (secondary N) is 1. The van der Waals surface area contributed by atoms with E-state index in [1.165, 1.54) is 12.1 Å². The fraction of sp³-hybridized carbons (Fsp3) is 0.333. The summed E-state index contributed by atoms with van der Waals surface area (Å²) < 4.78 is 15.4. The van der Waals surface area contributed by atoms with Gasteiger partial charge in [0.25, 0.3) is 5.56 Å². The van der Waals surface area contributed by atoms with E-state index in [0.717, 1.165) is 11.3 Å². The minimum Gasteiger partial charge on any atom is -0.396 e. The third kappa shape index (κ3) is 3.65. The molecule has 3 heterocycles. The van der Waals surface area contributed by atoms with Crippen molar-refractivity contribution in [3.05, 3.63) is 94.2 Å². The first kappa shape index (κ1) is 22.5. The Balaban J connectivity index is 1.43. The quantitative estimate of drug-likeness (QED) is 0.612. The molecule has 0 bridgehead atoms. The van der Waals surface area contributed by atoms with Gasteiger partial charge in [0.15, 0.2) is 0 Å². The molecule has 0 spiro atoms. The van der Waals surface area contributed by atoms with Crippen LogP contribution in [0.2, 0.25) is 0 Å². The number of likely N-dealkylation sites (tertiary alicyclic amines) is 1. The van der Waals surface area contributed by atoms with Crippen molar-refractivity contribution in [2.24, 2.45) is 11.8 Å². The number of pyridine rings is 1. The Hall–Kier alpha value is -3.29. The zero-order valence-electron chi connectivity index (χ0n) is 19.2. The van der Waals surface area contributed by atoms with Crippen LogP contribution in [-0.4, -0.2) is 40.2 Å². The zero-order chi connectivity index (χ0) is 24.0. The smallest absolute Gasteiger partial charge is 0.258 e. The third-order valence-electron chi connectivity index (χ3n) is 7.42. The number of carbonyl (C=O) groups is 1. The fourth-order valence-electron chi connectivity index (χ4n) is 5.77. The molecular weight excluding hydrogens is 433 g/mol. The van der Waals surface area contributed by atoms with Crippen LogP contribution in [0.5, 0.6) is 0 Å². The van der Waals surface area contributed by atoms with Crippen LogP contribution in [0.4, 0.5) is 4.39 Å². The lowest BCUT2D eigenvalue weighted by atomic mass is 9.88. The van der Waals surface area contributed by atoms with Gasteiger partial charge in [-0.1, -0.05) is 42.5 Å². The Morgan fingerprint density at radius 3 is 2.62 bits per heavy atom. The molecule has 5 atom stereocenters. The number of amides is 1. The molecule has 2 aliphatic heterocycles. The number of hydrogen-bond donors (Lipinski definition) is 2. The molecule has 0 saturated carbocycles. The van der Waals surface area contributed by atoms with E-state index in [-0.39, 0.29) is 42.0 Å². The average Bonchev–Trinajstić information content (AvgIpc) is 3.35. The highest BCUT2D eigenvalue weighted by molar-refractivity contribution is 5.83. The normalized spacial score (nSPS) is 24.5. The van der Waals surface area contributed by atoms with Gasteiger partial charge in [-0.25, -0.2) is 4.39 Å². The minimum atomic E-state index is -0.502. The Labute approximate surface area is 197 Å². The molecule has 5 rings (SSSR count). The molecule has 7 heteroatoms. The number of benzene rings is 2. The van der Waals surface area contributed by atoms with Crippen molar-refractivity contribution in [2.45, 2.75) is 31.6 Å². The lowest BCUT2D eigenvalue weighted by Crippen LogP contribution is -2.47. The van der Waals surface area contributed by atoms with Crippen LogP contribution in [0.3, 0.4) is 0 Å². The number of halogens is 1. The number of rotatable bonds is 5. The number of fused-ring (bicyclic) bond motifs is 3. The molecule has 1 amide bonds. The Kier molecular flexibility index (Phi) is 5.83. The molecular formula is C27H28FN3O3. The second-order valence-electron chi connectivity index (χ2n) is 9.30. The van der Waals surface area contributed by atoms with Gasteiger partial charge in [0.05, 0.1) is 18.1 Å². The Morgan fingerprint density at radius 2 is 1.91 bits per heavy atom. The van der Waals surface area contributed by atoms with Gasteiger partial charge in [-0.05, 0) is 49.4 Å². The highest BCUT2D eigenvalue weighted by Crippen LogP contribution is 2.48. The van der Waals surface area contributed by atoms with Gasteiger partial charge in [0.1, 0.15) is 5.82 Å². The first-order valence-electron chi connectivity index (χ1n) is 11.6. The van der Waals surface area contributed by atoms with Gasteiger partial charge in [-0.15, -0.1) is 0 Å². The van der Waals surface area contributed by atoms with Gasteiger partial charge in [0.2, 0.25) is 5.91 Å². The van der Waals surface area contributed by atoms with Crippen LogP contribution >= 0.6 is 0 Å². The zero-order valence-corrected chi connectivity index (χ0v) is 19.2. The number of aromatic nitrogens is 1. The molecule has 3 aromatic rings. The van der Waals surface area contributed by atoms with Crippen molar-refractivity contribution in [1.82, 2.24) is 14.8 Å². The van der Waals surface area contributed by atoms with E-state index in [1.807, 2.05) is 55.3 Å². The van der Waals surface area contributed by atoms with Crippen LogP contribution in [-0.2, 0) is 11.3 Å². The molecule has 1 aromatic heterocycles. The van der Waals surface area contributed by atoms with Crippen LogP contribution in [0.1, 0.15) is 30.3 Å². The molecule has 2 N–H and O–H groups in total. The summed E-state index contributed by atoms with van der Waals surface area (Å²) in [5.74, 6) is -0.904. The molecule has 2 aliphatic rings. The van der Waals surface area contributed by atoms with Crippen LogP contribution in [0.25, 0.3) is 11.1 Å². The van der Waals surface area contributed by atoms with Crippen molar-refractivity contribution < 1.29 is 14.3 Å². The molecule has 1 saturated heterocycles. The topological polar surface area (TPSA) is 74.6 Å². The first-order valence-corrected chi connectivity index (χ1v) is 11.6. The lowest BCUT2D eigenvalue weighted by Gasteiger charge is -2.28. The fourth-order valence-corrected chi connectivity index (χ4v) is 5.77. The Morgan fingerprint density at radius 1 is 1.15 bits per heavy atom. The summed E-state index contributed by atoms with van der Waals surface area (Å²) in [6, 6.07) is 18.6. The first-order chi connectivity index (χ1) is 16.4. The Bertz CT molecular complexity index is 1280. The summed E-state index contributed by atoms with van der Waals surface area (Å²) in [5.41, 5.74) is 2.64. The number of likely N-dealkylation sites (N-methyl/N-ethyl adjacent to an activating group) is 1. The predicted molar refractivity (Wildman–Crippen MR) is 127 cm³/mol. The van der Waals surface area contributed by atoms with Crippen molar-refractivity contribution in [3.63, 3.8) is 0 Å². The number of nitrogens with zero attached hydrogens (tertiary/aromatic N) is 2. The van der Waals surface area contributed by atoms with E-state index >= 15 is 0 Å². The van der Waals surface area contributed by atoms with E-state index in [1.54, 1.807) is 22.8 Å². The van der Waals surface area contributed by atoms with Crippen LogP contribution in [0, 0.1) is 17.7 Å². The summed E-state index contributed by atoms with van der Waals surface area (Å²) in [4.78, 5) is 28.6. The minimum absolute atomic E-state index is 0.0757. The molecule has 1 fully saturated rings. The van der Waals surface area contributed by atoms with Gasteiger partial charge in [-0.2, -0.15) is 0 Å². The highest BCUT2D eigenvalue weighted by atomic mass is 19.1. The molecule has 0 radical (unpaired) electrons. The molecule has 0 aliphatic carbocycles. The van der Waals surface area contributed by atoms with Crippen LogP contribution < -0.4 is 10.9 Å². The standard InChI is InChI=1S/C27H28FN3O3/c1-16(17-7-4-3-5-8-17)29-26(33)25-22(15-32)21-14-31-23(24(21)30(25)2)12-11-20(27(31)34)18-9-6-10-19(28)13-18/h3-13,16,21-22,24-25,32H,14-15H2,1-2H3,(H,29,33)/t16-,21-,22-,24+,25-/m1/s1. The molecule has 2 aromatic carbocycles. The van der Waals surface area contributed by atoms with Crippen molar-refractivity contribution in [3.8, 4) is 11.1 Å². The molecule has 6 nitrogen and oxygen atoms in total. The average molecular weight is 462 g/mol. The van der Waals surface area contributed by atoms with Crippen molar-refractivity contribution in [2.75, 3.05) is 13.7 Å². The molecule has 34 heavy (non-hydrogen) atoms. The summed E-state index contributed by atoms with van der Waals surface area (Å²) in [7, 11) is 1.88. The van der Waals surface area contributed by atoms with Crippen molar-refractivity contribution in [1.29, 1.82) is 0 Å². The van der Waals surface area contributed by atoms with E-state index in [9.17, 15) is 19.1 Å². The lowest BCUT2D eigenvalue weighted by molar-refractivity contribution is -0.127. The number of aliphatic hydroxyl groups excluding tert-OH is 1. The van der Waals surface area contributed by atoms with Crippen molar-refractivity contribution >= 4 is 5.91 Å². The third-order valence-corrected chi connectivity index (χ3v) is 7.42. The summed E-state index contributed by atoms with van der Waals surface area (Å²) in [5, 5.41) is 13.4. The number of hydrogen-bond acceptors (Lipinski definition) is 4. The maximum atomic E-state index is 13.7. The van der Waals surface area contributed by atoms with E-state index in [2.05, 4.69) is 5.32 Å². The summed E-state index contributed by atoms with van der Waals surface area (Å²) in [6.45, 7) is 2.21. The van der Waals surface area contributed by atoms with Gasteiger partial charge >= 0.3 is 0 Å². The van der Waals surface area contributed by atoms with Gasteiger partial charge in [0, 0.05) is 36.2 Å². The monoisotopic (exact) mass is 461 g/mol. The van der Waals surface area contributed by atoms with E-state index < -0.39 is 11.9 Å². The predicted octanol–water partition coefficient (Wildman–Crippen LogP) is 3.13. The maximum absolute atomic E-state index is 13.7. The summed E-state index contributed by atoms with van der Waals surface area (Å²) in [6.07, 6.45) is 0. The van der Waals surface area contributed by atoms with E-state index in [4.69, 9.17) is 0 Å². The van der Waals surface area contributed by atoms with Gasteiger partial charge in [-0.3, -0.25) is 14.5 Å². The second kappa shape index (κ2) is 8.81. The molecule has 176 valence electrons. The summed E-state index contributed by atoms with van der Waals surface area (Å²) >= 11 is 0. The number of carbonyl (C=O) groups excluding carboxylic acids is 1. The number of aliphatic hydroxyl groups is 1. The second-order valence-corrected chi connectivity index (χ2v) is 9.30. The van der Waals surface area contributed by atoms with Gasteiger partial charge < -0.3 is 15.0 Å². The SMILES string of the molecule is C[C@@H](NC(=O)[C@H]1[C@H](CO)[C@H]2Cn3c(ccc(-c4cccc(F)c4)c3=O)[C@H]2N1C)c1ccccc1. The highest BCUT2D eigenvalue weighted by Gasteiger charge is 2.54.